The minimum absolute atomic E-state index is 0.0359. The van der Waals surface area contributed by atoms with Crippen LogP contribution >= 0.6 is 0 Å². The van der Waals surface area contributed by atoms with E-state index in [1.165, 1.54) is 12.1 Å². The number of Topliss-reactive ketones (excluding diaryl/α,β-unsaturated/α-hetero) is 1. The van der Waals surface area contributed by atoms with Crippen LogP contribution in [0.5, 0.6) is 0 Å². The van der Waals surface area contributed by atoms with Gasteiger partial charge in [0.1, 0.15) is 5.82 Å². The molecule has 0 atom stereocenters. The summed E-state index contributed by atoms with van der Waals surface area (Å²) < 4.78 is 13.1. The first-order valence-corrected chi connectivity index (χ1v) is 7.23. The first kappa shape index (κ1) is 14.5. The predicted molar refractivity (Wildman–Crippen MR) is 83.0 cm³/mol. The highest BCUT2D eigenvalue weighted by Gasteiger charge is 2.31. The number of ketones is 1. The van der Waals surface area contributed by atoms with E-state index in [1.54, 1.807) is 24.4 Å². The number of hydrogen-bond acceptors (Lipinski definition) is 2. The maximum atomic E-state index is 13.1. The molecule has 110 valence electrons. The van der Waals surface area contributed by atoms with Gasteiger partial charge in [-0.3, -0.25) is 9.78 Å². The van der Waals surface area contributed by atoms with Crippen molar-refractivity contribution in [2.24, 2.45) is 5.41 Å². The highest BCUT2D eigenvalue weighted by Crippen LogP contribution is 2.33. The molecule has 0 bridgehead atoms. The number of nitrogens with zero attached hydrogens (tertiary/aromatic N) is 1. The molecule has 1 aromatic heterocycles. The van der Waals surface area contributed by atoms with Gasteiger partial charge in [-0.15, -0.1) is 0 Å². The first-order valence-electron chi connectivity index (χ1n) is 7.23. The van der Waals surface area contributed by atoms with Gasteiger partial charge in [-0.2, -0.15) is 0 Å². The Hall–Kier alpha value is -2.47. The number of pyridine rings is 1. The van der Waals surface area contributed by atoms with Crippen molar-refractivity contribution in [2.75, 3.05) is 0 Å². The fraction of sp³-hybridized carbons (Fsp3) is 0.263. The van der Waals surface area contributed by atoms with Crippen LogP contribution in [-0.2, 0) is 6.42 Å². The zero-order chi connectivity index (χ0) is 15.7. The van der Waals surface area contributed by atoms with Crippen molar-refractivity contribution in [3.63, 3.8) is 0 Å². The van der Waals surface area contributed by atoms with E-state index in [0.717, 1.165) is 12.1 Å². The topological polar surface area (TPSA) is 30.0 Å². The van der Waals surface area contributed by atoms with E-state index in [2.05, 4.69) is 30.7 Å². The SMILES string of the molecule is CC1(C)CC(=O)c2cc(C#Cc3cccc(F)c3)cnc2C1. The van der Waals surface area contributed by atoms with Gasteiger partial charge in [-0.05, 0) is 36.1 Å². The molecule has 0 N–H and O–H groups in total. The van der Waals surface area contributed by atoms with Crippen molar-refractivity contribution in [1.29, 1.82) is 0 Å². The third-order valence-corrected chi connectivity index (χ3v) is 3.73. The lowest BCUT2D eigenvalue weighted by molar-refractivity contribution is 0.0910. The van der Waals surface area contributed by atoms with Crippen LogP contribution < -0.4 is 0 Å². The molecule has 0 spiro atoms. The van der Waals surface area contributed by atoms with Gasteiger partial charge in [0.15, 0.2) is 5.78 Å². The summed E-state index contributed by atoms with van der Waals surface area (Å²) in [5.74, 6) is 5.65. The Balaban J connectivity index is 1.92. The minimum Gasteiger partial charge on any atom is -0.294 e. The maximum Gasteiger partial charge on any atom is 0.165 e. The highest BCUT2D eigenvalue weighted by molar-refractivity contribution is 5.98. The molecule has 0 unspecified atom stereocenters. The lowest BCUT2D eigenvalue weighted by Crippen LogP contribution is -2.27. The molecule has 0 aliphatic heterocycles. The standard InChI is InChI=1S/C19H16FNO/c1-19(2)10-17-16(18(22)11-19)9-14(12-21-17)7-6-13-4-3-5-15(20)8-13/h3-5,8-9,12H,10-11H2,1-2H3. The smallest absolute Gasteiger partial charge is 0.165 e. The molecule has 22 heavy (non-hydrogen) atoms. The van der Waals surface area contributed by atoms with E-state index < -0.39 is 0 Å². The summed E-state index contributed by atoms with van der Waals surface area (Å²) in [6, 6.07) is 7.93. The van der Waals surface area contributed by atoms with Crippen molar-refractivity contribution in [3.8, 4) is 11.8 Å². The molecule has 0 fully saturated rings. The molecule has 0 saturated carbocycles. The summed E-state index contributed by atoms with van der Waals surface area (Å²) in [5.41, 5.74) is 2.76. The quantitative estimate of drug-likeness (QED) is 0.692. The average Bonchev–Trinajstić information content (AvgIpc) is 2.44. The Kier molecular flexibility index (Phi) is 3.54. The van der Waals surface area contributed by atoms with Crippen LogP contribution in [0, 0.1) is 23.1 Å². The van der Waals surface area contributed by atoms with Crippen molar-refractivity contribution >= 4 is 5.78 Å². The fourth-order valence-corrected chi connectivity index (χ4v) is 2.70. The second-order valence-corrected chi connectivity index (χ2v) is 6.42. The number of fused-ring (bicyclic) bond motifs is 1. The molecule has 1 aromatic carbocycles. The maximum absolute atomic E-state index is 13.1. The summed E-state index contributed by atoms with van der Waals surface area (Å²) in [6.45, 7) is 4.15. The number of carbonyl (C=O) groups excluding carboxylic acids is 1. The van der Waals surface area contributed by atoms with Crippen molar-refractivity contribution in [3.05, 3.63) is 64.7 Å². The number of rotatable bonds is 0. The summed E-state index contributed by atoms with van der Waals surface area (Å²) in [4.78, 5) is 16.6. The first-order chi connectivity index (χ1) is 10.4. The summed E-state index contributed by atoms with van der Waals surface area (Å²) in [5, 5.41) is 0. The van der Waals surface area contributed by atoms with E-state index in [0.29, 0.717) is 23.1 Å². The molecule has 2 aromatic rings. The van der Waals surface area contributed by atoms with E-state index >= 15 is 0 Å². The number of carbonyl (C=O) groups is 1. The Morgan fingerprint density at radius 2 is 1.91 bits per heavy atom. The molecule has 1 aliphatic rings. The molecule has 1 aliphatic carbocycles. The average molecular weight is 293 g/mol. The second kappa shape index (κ2) is 5.38. The summed E-state index contributed by atoms with van der Waals surface area (Å²) >= 11 is 0. The van der Waals surface area contributed by atoms with Crippen LogP contribution in [0.3, 0.4) is 0 Å². The molecule has 3 rings (SSSR count). The molecule has 0 amide bonds. The summed E-state index contributed by atoms with van der Waals surface area (Å²) in [6.07, 6.45) is 3.01. The highest BCUT2D eigenvalue weighted by atomic mass is 19.1. The van der Waals surface area contributed by atoms with Crippen LogP contribution in [-0.4, -0.2) is 10.8 Å². The van der Waals surface area contributed by atoms with E-state index in [4.69, 9.17) is 0 Å². The van der Waals surface area contributed by atoms with Crippen molar-refractivity contribution in [2.45, 2.75) is 26.7 Å². The third-order valence-electron chi connectivity index (χ3n) is 3.73. The van der Waals surface area contributed by atoms with Gasteiger partial charge in [0, 0.05) is 29.3 Å². The zero-order valence-electron chi connectivity index (χ0n) is 12.6. The Morgan fingerprint density at radius 1 is 1.14 bits per heavy atom. The Labute approximate surface area is 129 Å². The molecule has 3 heteroatoms. The van der Waals surface area contributed by atoms with Gasteiger partial charge in [-0.25, -0.2) is 4.39 Å². The molecular formula is C19H16FNO. The van der Waals surface area contributed by atoms with Crippen LogP contribution in [0.15, 0.2) is 36.5 Å². The van der Waals surface area contributed by atoms with Gasteiger partial charge >= 0.3 is 0 Å². The van der Waals surface area contributed by atoms with Crippen LogP contribution in [0.25, 0.3) is 0 Å². The van der Waals surface area contributed by atoms with Gasteiger partial charge in [0.2, 0.25) is 0 Å². The third kappa shape index (κ3) is 3.07. The lowest BCUT2D eigenvalue weighted by Gasteiger charge is -2.29. The second-order valence-electron chi connectivity index (χ2n) is 6.42. The minimum atomic E-state index is -0.312. The lowest BCUT2D eigenvalue weighted by atomic mass is 9.75. The largest absolute Gasteiger partial charge is 0.294 e. The number of hydrogen-bond donors (Lipinski definition) is 0. The summed E-state index contributed by atoms with van der Waals surface area (Å²) in [7, 11) is 0. The van der Waals surface area contributed by atoms with Gasteiger partial charge < -0.3 is 0 Å². The molecule has 0 saturated heterocycles. The zero-order valence-corrected chi connectivity index (χ0v) is 12.6. The van der Waals surface area contributed by atoms with Gasteiger partial charge in [-0.1, -0.05) is 31.8 Å². The normalized spacial score (nSPS) is 15.7. The van der Waals surface area contributed by atoms with Crippen LogP contribution in [0.4, 0.5) is 4.39 Å². The number of halogens is 1. The molecule has 0 radical (unpaired) electrons. The predicted octanol–water partition coefficient (Wildman–Crippen LogP) is 3.78. The van der Waals surface area contributed by atoms with Crippen LogP contribution in [0.2, 0.25) is 0 Å². The van der Waals surface area contributed by atoms with E-state index in [9.17, 15) is 9.18 Å². The fourth-order valence-electron chi connectivity index (χ4n) is 2.70. The van der Waals surface area contributed by atoms with Crippen molar-refractivity contribution in [1.82, 2.24) is 4.98 Å². The van der Waals surface area contributed by atoms with Crippen LogP contribution in [0.1, 0.15) is 47.4 Å². The number of benzene rings is 1. The monoisotopic (exact) mass is 293 g/mol. The van der Waals surface area contributed by atoms with E-state index in [1.807, 2.05) is 0 Å². The molecular weight excluding hydrogens is 277 g/mol. The van der Waals surface area contributed by atoms with Gasteiger partial charge in [0.25, 0.3) is 0 Å². The Morgan fingerprint density at radius 3 is 2.68 bits per heavy atom. The molecule has 1 heterocycles. The van der Waals surface area contributed by atoms with Gasteiger partial charge in [0.05, 0.1) is 5.69 Å². The molecule has 2 nitrogen and oxygen atoms in total. The van der Waals surface area contributed by atoms with E-state index in [-0.39, 0.29) is 17.0 Å². The number of aromatic nitrogens is 1. The Bertz CT molecular complexity index is 812. The van der Waals surface area contributed by atoms with Crippen molar-refractivity contribution < 1.29 is 9.18 Å².